The number of hydrogen-bond donors (Lipinski definition) is 4. The molecule has 0 unspecified atom stereocenters. The van der Waals surface area contributed by atoms with Gasteiger partial charge in [-0.25, -0.2) is 9.59 Å². The number of aromatic nitrogens is 2. The third-order valence-corrected chi connectivity index (χ3v) is 12.1. The predicted octanol–water partition coefficient (Wildman–Crippen LogP) is 9.73. The van der Waals surface area contributed by atoms with Gasteiger partial charge in [-0.2, -0.15) is 0 Å². The number of H-pyrrole nitrogens is 1. The monoisotopic (exact) mass is 829 g/mol. The molecule has 3 heterocycles. The highest BCUT2D eigenvalue weighted by Crippen LogP contribution is 2.42. The number of likely N-dealkylation sites (tertiary alicyclic amines) is 1. The van der Waals surface area contributed by atoms with E-state index in [-0.39, 0.29) is 42.5 Å². The van der Waals surface area contributed by atoms with Crippen LogP contribution in [-0.2, 0) is 22.6 Å². The van der Waals surface area contributed by atoms with Crippen molar-refractivity contribution in [2.45, 2.75) is 57.5 Å². The second-order valence-corrected chi connectivity index (χ2v) is 16.2. The van der Waals surface area contributed by atoms with Crippen LogP contribution in [0.4, 0.5) is 10.5 Å². The Morgan fingerprint density at radius 2 is 1.45 bits per heavy atom. The topological polar surface area (TPSA) is 130 Å². The van der Waals surface area contributed by atoms with Crippen molar-refractivity contribution in [1.29, 1.82) is 0 Å². The molecule has 0 radical (unpaired) electrons. The third-order valence-electron chi connectivity index (χ3n) is 12.1. The maximum Gasteiger partial charge on any atom is 0.326 e. The Hall–Kier alpha value is -6.50. The van der Waals surface area contributed by atoms with Crippen molar-refractivity contribution < 1.29 is 24.1 Å². The van der Waals surface area contributed by atoms with Gasteiger partial charge in [0.05, 0.1) is 29.8 Å². The molecule has 316 valence electrons. The number of aromatic amines is 1. The summed E-state index contributed by atoms with van der Waals surface area (Å²) in [5.74, 6) is 1.47. The van der Waals surface area contributed by atoms with Gasteiger partial charge < -0.3 is 39.8 Å². The molecule has 0 spiro atoms. The molecular formula is C51H51N5O6. The molecule has 7 aromatic rings. The summed E-state index contributed by atoms with van der Waals surface area (Å²) < 4.78 is 21.4. The first-order chi connectivity index (χ1) is 30.4. The Labute approximate surface area is 360 Å². The number of anilines is 1. The van der Waals surface area contributed by atoms with Crippen molar-refractivity contribution >= 4 is 22.8 Å². The quantitative estimate of drug-likeness (QED) is 0.0965. The van der Waals surface area contributed by atoms with Crippen LogP contribution in [0.5, 0.6) is 11.5 Å². The molecule has 4 atom stereocenters. The van der Waals surface area contributed by atoms with Crippen molar-refractivity contribution in [2.75, 3.05) is 25.0 Å². The van der Waals surface area contributed by atoms with Crippen LogP contribution in [0, 0.1) is 5.92 Å². The van der Waals surface area contributed by atoms with Crippen LogP contribution in [0.2, 0.25) is 0 Å². The SMILES string of the molecule is C[C@H]1[C@@H](CN2CCC(n3c(=O)[nH]c4ccccc43)CC2)O[C@@H](c2ccc(-c3ccccc3CNC(=O)Nc3ccc(Oc4ccccc4)cc3)cc2)O[C@H]1c1ccc(CO)cc1. The molecule has 0 bridgehead atoms. The van der Waals surface area contributed by atoms with E-state index >= 15 is 0 Å². The Kier molecular flexibility index (Phi) is 12.3. The van der Waals surface area contributed by atoms with Crippen LogP contribution in [0.1, 0.15) is 60.5 Å². The number of rotatable bonds is 12. The van der Waals surface area contributed by atoms with E-state index in [0.29, 0.717) is 18.0 Å². The zero-order valence-corrected chi connectivity index (χ0v) is 34.7. The highest BCUT2D eigenvalue weighted by molar-refractivity contribution is 5.89. The summed E-state index contributed by atoms with van der Waals surface area (Å²) >= 11 is 0. The van der Waals surface area contributed by atoms with E-state index < -0.39 is 6.29 Å². The molecule has 62 heavy (non-hydrogen) atoms. The van der Waals surface area contributed by atoms with E-state index in [0.717, 1.165) is 82.6 Å². The van der Waals surface area contributed by atoms with Gasteiger partial charge in [0, 0.05) is 49.4 Å². The molecule has 2 aliphatic rings. The lowest BCUT2D eigenvalue weighted by molar-refractivity contribution is -0.276. The number of carbonyl (C=O) groups is 1. The standard InChI is InChI=1S/C51H51N5O6/c1-34-47(32-55-29-27-41(28-30-55)56-46-14-8-7-13-45(46)54-51(56)59)61-49(62-48(34)37-17-15-35(33-57)16-18-37)38-21-19-36(20-22-38)44-12-6-5-9-39(44)31-52-50(58)53-40-23-25-43(26-24-40)60-42-10-3-2-4-11-42/h2-26,34,41,47-49,57H,27-33H2,1H3,(H,54,59)(H2,52,53,58)/t34-,47+,48+,49+/m0/s1. The first kappa shape index (κ1) is 40.9. The van der Waals surface area contributed by atoms with Crippen LogP contribution < -0.4 is 21.1 Å². The van der Waals surface area contributed by atoms with Crippen molar-refractivity contribution in [3.05, 3.63) is 184 Å². The number of hydrogen-bond acceptors (Lipinski definition) is 7. The number of benzene rings is 6. The van der Waals surface area contributed by atoms with E-state index in [1.807, 2.05) is 126 Å². The third kappa shape index (κ3) is 9.21. The number of imidazole rings is 1. The summed E-state index contributed by atoms with van der Waals surface area (Å²) in [6.07, 6.45) is 0.789. The number of para-hydroxylation sites is 3. The Balaban J connectivity index is 0.862. The predicted molar refractivity (Wildman–Crippen MR) is 241 cm³/mol. The van der Waals surface area contributed by atoms with Gasteiger partial charge in [-0.05, 0) is 89.2 Å². The highest BCUT2D eigenvalue weighted by atomic mass is 16.7. The number of nitrogens with one attached hydrogen (secondary N) is 3. The van der Waals surface area contributed by atoms with Crippen LogP contribution in [0.25, 0.3) is 22.2 Å². The molecule has 2 saturated heterocycles. The average Bonchev–Trinajstić information content (AvgIpc) is 3.66. The highest BCUT2D eigenvalue weighted by Gasteiger charge is 2.39. The average molecular weight is 830 g/mol. The molecule has 4 N–H and O–H groups in total. The minimum Gasteiger partial charge on any atom is -0.457 e. The zero-order chi connectivity index (χ0) is 42.4. The minimum atomic E-state index is -0.602. The fourth-order valence-electron chi connectivity index (χ4n) is 8.74. The van der Waals surface area contributed by atoms with Crippen molar-refractivity contribution in [1.82, 2.24) is 19.8 Å². The molecular weight excluding hydrogens is 779 g/mol. The van der Waals surface area contributed by atoms with E-state index in [1.165, 1.54) is 0 Å². The smallest absolute Gasteiger partial charge is 0.326 e. The molecule has 6 aromatic carbocycles. The lowest BCUT2D eigenvalue weighted by Gasteiger charge is -2.44. The molecule has 2 amide bonds. The number of aliphatic hydroxyl groups excluding tert-OH is 1. The summed E-state index contributed by atoms with van der Waals surface area (Å²) in [6, 6.07) is 48.9. The maximum absolute atomic E-state index is 13.0. The minimum absolute atomic E-state index is 0.0183. The van der Waals surface area contributed by atoms with E-state index in [1.54, 1.807) is 0 Å². The van der Waals surface area contributed by atoms with Crippen LogP contribution in [0.15, 0.2) is 156 Å². The molecule has 9 rings (SSSR count). The van der Waals surface area contributed by atoms with E-state index in [4.69, 9.17) is 14.2 Å². The van der Waals surface area contributed by atoms with Gasteiger partial charge in [0.2, 0.25) is 0 Å². The van der Waals surface area contributed by atoms with E-state index in [2.05, 4.69) is 57.8 Å². The van der Waals surface area contributed by atoms with Crippen molar-refractivity contribution in [2.24, 2.45) is 5.92 Å². The molecule has 2 fully saturated rings. The number of fused-ring (bicyclic) bond motifs is 1. The van der Waals surface area contributed by atoms with Gasteiger partial charge in [0.1, 0.15) is 11.5 Å². The molecule has 2 aliphatic heterocycles. The number of amides is 2. The first-order valence-corrected chi connectivity index (χ1v) is 21.4. The Morgan fingerprint density at radius 1 is 0.774 bits per heavy atom. The number of nitrogens with zero attached hydrogens (tertiary/aromatic N) is 2. The van der Waals surface area contributed by atoms with Gasteiger partial charge in [-0.15, -0.1) is 0 Å². The first-order valence-electron chi connectivity index (χ1n) is 21.4. The summed E-state index contributed by atoms with van der Waals surface area (Å²) in [5, 5.41) is 15.6. The fraction of sp³-hybridized carbons (Fsp3) is 0.255. The maximum atomic E-state index is 13.0. The number of ether oxygens (including phenoxy) is 3. The normalized spacial score (nSPS) is 19.6. The van der Waals surface area contributed by atoms with Crippen LogP contribution in [-0.4, -0.2) is 51.3 Å². The van der Waals surface area contributed by atoms with Gasteiger partial charge in [-0.1, -0.05) is 110 Å². The number of aliphatic hydroxyl groups is 1. The zero-order valence-electron chi connectivity index (χ0n) is 34.7. The number of piperidine rings is 1. The Bertz CT molecular complexity index is 2640. The summed E-state index contributed by atoms with van der Waals surface area (Å²) in [4.78, 5) is 31.4. The molecule has 1 aromatic heterocycles. The lowest BCUT2D eigenvalue weighted by Crippen LogP contribution is -2.47. The summed E-state index contributed by atoms with van der Waals surface area (Å²) in [7, 11) is 0. The largest absolute Gasteiger partial charge is 0.457 e. The van der Waals surface area contributed by atoms with E-state index in [9.17, 15) is 14.7 Å². The Morgan fingerprint density at radius 3 is 2.21 bits per heavy atom. The van der Waals surface area contributed by atoms with Crippen molar-refractivity contribution in [3.63, 3.8) is 0 Å². The van der Waals surface area contributed by atoms with Crippen LogP contribution >= 0.6 is 0 Å². The molecule has 0 aliphatic carbocycles. The molecule has 11 heteroatoms. The van der Waals surface area contributed by atoms with Gasteiger partial charge >= 0.3 is 11.7 Å². The summed E-state index contributed by atoms with van der Waals surface area (Å²) in [6.45, 7) is 4.95. The van der Waals surface area contributed by atoms with Gasteiger partial charge in [0.15, 0.2) is 6.29 Å². The number of urea groups is 1. The van der Waals surface area contributed by atoms with Gasteiger partial charge in [-0.3, -0.25) is 4.57 Å². The lowest BCUT2D eigenvalue weighted by atomic mass is 9.89. The second kappa shape index (κ2) is 18.6. The van der Waals surface area contributed by atoms with Crippen molar-refractivity contribution in [3.8, 4) is 22.6 Å². The second-order valence-electron chi connectivity index (χ2n) is 16.2. The van der Waals surface area contributed by atoms with Gasteiger partial charge in [0.25, 0.3) is 0 Å². The number of carbonyl (C=O) groups excluding carboxylic acids is 1. The molecule has 11 nitrogen and oxygen atoms in total. The van der Waals surface area contributed by atoms with Crippen LogP contribution in [0.3, 0.4) is 0 Å². The summed E-state index contributed by atoms with van der Waals surface area (Å²) in [5.41, 5.74) is 8.24. The fourth-order valence-corrected chi connectivity index (χ4v) is 8.74. The molecule has 0 saturated carbocycles.